The summed E-state index contributed by atoms with van der Waals surface area (Å²) in [7, 11) is 0. The maximum Gasteiger partial charge on any atom is 0.315 e. The number of hydrogen-bond acceptors (Lipinski definition) is 11. The lowest BCUT2D eigenvalue weighted by Crippen LogP contribution is -2.77. The molecule has 0 spiro atoms. The quantitative estimate of drug-likeness (QED) is 0.0271. The molecule has 4 unspecified atom stereocenters. The molecule has 1 heterocycles. The highest BCUT2D eigenvalue weighted by atomic mass is 16.6. The molecule has 1 aliphatic heterocycles. The van der Waals surface area contributed by atoms with Crippen LogP contribution < -0.4 is 0 Å². The van der Waals surface area contributed by atoms with Crippen molar-refractivity contribution in [1.29, 1.82) is 0 Å². The van der Waals surface area contributed by atoms with Gasteiger partial charge in [0, 0.05) is 17.3 Å². The number of benzene rings is 4. The Kier molecular flexibility index (Phi) is 18.0. The van der Waals surface area contributed by atoms with Crippen LogP contribution >= 0.6 is 0 Å². The molecule has 4 aromatic carbocycles. The summed E-state index contributed by atoms with van der Waals surface area (Å²) in [5.74, 6) is -2.13. The Bertz CT molecular complexity index is 2830. The highest BCUT2D eigenvalue weighted by molar-refractivity contribution is 5.99. The Balaban J connectivity index is 1.22. The smallest absolute Gasteiger partial charge is 0.315 e. The first-order chi connectivity index (χ1) is 38.7. The van der Waals surface area contributed by atoms with Crippen molar-refractivity contribution < 1.29 is 52.3 Å². The van der Waals surface area contributed by atoms with E-state index in [9.17, 15) is 0 Å². The monoisotopic (exact) mass is 1110 g/mol. The van der Waals surface area contributed by atoms with E-state index < -0.39 is 62.0 Å². The maximum atomic E-state index is 17.0. The highest BCUT2D eigenvalue weighted by Gasteiger charge is 2.90. The molecule has 0 amide bonds. The lowest BCUT2D eigenvalue weighted by Gasteiger charge is -2.71. The minimum Gasteiger partial charge on any atom is -0.460 e. The van der Waals surface area contributed by atoms with E-state index in [1.165, 1.54) is 0 Å². The summed E-state index contributed by atoms with van der Waals surface area (Å²) in [5.41, 5.74) is -5.98. The zero-order valence-corrected chi connectivity index (χ0v) is 49.9. The van der Waals surface area contributed by atoms with Gasteiger partial charge in [-0.2, -0.15) is 0 Å². The van der Waals surface area contributed by atoms with E-state index in [0.717, 1.165) is 53.7 Å². The second-order valence-electron chi connectivity index (χ2n) is 26.5. The number of epoxide rings is 1. The van der Waals surface area contributed by atoms with Crippen LogP contribution in [0.25, 0.3) is 0 Å². The fraction of sp³-hybridized carbons (Fsp3) is 0.571. The van der Waals surface area contributed by atoms with Gasteiger partial charge in [-0.15, -0.1) is 0 Å². The Morgan fingerprint density at radius 1 is 0.580 bits per heavy atom. The number of carbonyl (C=O) groups is 4. The van der Waals surface area contributed by atoms with Crippen molar-refractivity contribution in [3.63, 3.8) is 0 Å². The summed E-state index contributed by atoms with van der Waals surface area (Å²) in [6, 6.07) is 38.3. The van der Waals surface area contributed by atoms with Crippen LogP contribution in [0.3, 0.4) is 0 Å². The van der Waals surface area contributed by atoms with Gasteiger partial charge in [0.25, 0.3) is 0 Å². The van der Waals surface area contributed by atoms with Gasteiger partial charge >= 0.3 is 23.9 Å². The zero-order valence-electron chi connectivity index (χ0n) is 49.9. The molecule has 0 bridgehead atoms. The Labute approximate surface area is 482 Å². The summed E-state index contributed by atoms with van der Waals surface area (Å²) in [4.78, 5) is 66.6. The maximum absolute atomic E-state index is 17.0. The number of esters is 4. The second kappa shape index (κ2) is 24.3. The molecule has 4 fully saturated rings. The van der Waals surface area contributed by atoms with E-state index in [1.807, 2.05) is 121 Å². The van der Waals surface area contributed by atoms with Gasteiger partial charge in [-0.25, -0.2) is 0 Å². The van der Waals surface area contributed by atoms with Crippen LogP contribution in [0.4, 0.5) is 0 Å². The third kappa shape index (κ3) is 11.5. The van der Waals surface area contributed by atoms with Crippen LogP contribution in [0.15, 0.2) is 133 Å². The lowest BCUT2D eigenvalue weighted by atomic mass is 9.28. The van der Waals surface area contributed by atoms with Crippen molar-refractivity contribution in [3.8, 4) is 0 Å². The molecule has 436 valence electrons. The number of ether oxygens (including phenoxy) is 7. The molecule has 0 radical (unpaired) electrons. The first-order valence-electron chi connectivity index (χ1n) is 30.2. The largest absolute Gasteiger partial charge is 0.460 e. The van der Waals surface area contributed by atoms with Gasteiger partial charge < -0.3 is 33.2 Å². The molecular weight excluding hydrogens is 1020 g/mol. The van der Waals surface area contributed by atoms with Crippen molar-refractivity contribution in [1.82, 2.24) is 0 Å². The fourth-order valence-corrected chi connectivity index (χ4v) is 16.0. The average molecular weight is 1110 g/mol. The number of allylic oxidation sites excluding steroid dienone is 1. The van der Waals surface area contributed by atoms with Crippen LogP contribution in [0, 0.1) is 44.3 Å². The normalized spacial score (nSPS) is 29.0. The molecule has 81 heavy (non-hydrogen) atoms. The lowest BCUT2D eigenvalue weighted by molar-refractivity contribution is -0.269. The summed E-state index contributed by atoms with van der Waals surface area (Å²) in [5, 5.41) is 0. The van der Waals surface area contributed by atoms with Crippen molar-refractivity contribution >= 4 is 23.9 Å². The van der Waals surface area contributed by atoms with Crippen molar-refractivity contribution in [2.45, 2.75) is 196 Å². The molecule has 11 nitrogen and oxygen atoms in total. The molecule has 11 heteroatoms. The fourth-order valence-electron chi connectivity index (χ4n) is 16.0. The van der Waals surface area contributed by atoms with E-state index >= 15 is 19.2 Å². The van der Waals surface area contributed by atoms with Gasteiger partial charge in [0.15, 0.2) is 0 Å². The van der Waals surface area contributed by atoms with Crippen molar-refractivity contribution in [2.24, 2.45) is 44.3 Å². The molecule has 9 atom stereocenters. The first kappa shape index (κ1) is 60.0. The minimum atomic E-state index is -1.97. The van der Waals surface area contributed by atoms with Crippen LogP contribution in [-0.4, -0.2) is 60.5 Å². The Hall–Kier alpha value is -5.62. The highest BCUT2D eigenvalue weighted by Crippen LogP contribution is 2.85. The third-order valence-corrected chi connectivity index (χ3v) is 20.3. The van der Waals surface area contributed by atoms with Crippen LogP contribution in [0.2, 0.25) is 0 Å². The van der Waals surface area contributed by atoms with Gasteiger partial charge in [-0.05, 0) is 126 Å². The van der Waals surface area contributed by atoms with Gasteiger partial charge in [0.2, 0.25) is 0 Å². The van der Waals surface area contributed by atoms with Crippen molar-refractivity contribution in [2.75, 3.05) is 13.2 Å². The first-order valence-corrected chi connectivity index (χ1v) is 30.2. The number of carbonyl (C=O) groups excluding carboxylic acids is 4. The summed E-state index contributed by atoms with van der Waals surface area (Å²) >= 11 is 0. The molecule has 1 saturated heterocycles. The topological polar surface area (TPSA) is 136 Å². The third-order valence-electron chi connectivity index (χ3n) is 20.3. The van der Waals surface area contributed by atoms with E-state index in [-0.39, 0.29) is 82.3 Å². The standard InChI is InChI=1S/C70H90O11/c1-50(2)23-22-24-51(3)67(59(71)76-45-52-25-14-10-15-26-52)38-40-69(61(73)78-47-54-29-18-12-19-30-54)66(67,9)37-39-68(60(72)77-46-53-27-16-11-17-28-53)65(8)35-34-57(81-63(4,5)41-42-80-64(6,7)44-58-49-75-58)43-56(65)33-36-70(68,69)62(74)79-48-55-31-20-13-21-32-55/h10-21,25-33,50-51,57-58H,22-24,34-49H2,1-9H3/t51-,57+,58+,65+,66-,67?,68?,69?,70?/m1/s1. The SMILES string of the molecule is CC(C)CCC[C@@H](C)C1(C(=O)OCc2ccccc2)CCC2(C(=O)OCc3ccccc3)C3(C(=O)OCc4ccccc4)CC=C4C[C@@H](OC(C)(C)CCOC(C)(C)C[C@H]5CO5)CC[C@]4(C)C3(C(=O)OCc3ccccc3)CC[C@]12C. The summed E-state index contributed by atoms with van der Waals surface area (Å²) in [6.45, 7) is 20.2. The van der Waals surface area contributed by atoms with Crippen molar-refractivity contribution in [3.05, 3.63) is 155 Å². The predicted octanol–water partition coefficient (Wildman–Crippen LogP) is 14.6. The molecule has 9 rings (SSSR count). The van der Waals surface area contributed by atoms with Crippen LogP contribution in [0.1, 0.15) is 168 Å². The molecule has 3 saturated carbocycles. The number of fused-ring (bicyclic) bond motifs is 5. The zero-order chi connectivity index (χ0) is 57.7. The number of rotatable bonds is 25. The van der Waals surface area contributed by atoms with E-state index in [0.29, 0.717) is 44.6 Å². The van der Waals surface area contributed by atoms with Gasteiger partial charge in [0.05, 0.1) is 52.9 Å². The molecule has 5 aliphatic rings. The molecule has 0 N–H and O–H groups in total. The molecule has 4 aromatic rings. The molecule has 4 aliphatic carbocycles. The van der Waals surface area contributed by atoms with E-state index in [4.69, 9.17) is 33.2 Å². The predicted molar refractivity (Wildman–Crippen MR) is 312 cm³/mol. The summed E-state index contributed by atoms with van der Waals surface area (Å²) in [6.07, 6.45) is 8.24. The van der Waals surface area contributed by atoms with Gasteiger partial charge in [0.1, 0.15) is 31.8 Å². The van der Waals surface area contributed by atoms with Crippen LogP contribution in [-0.2, 0) is 78.8 Å². The average Bonchev–Trinajstić information content (AvgIpc) is 1.77. The van der Waals surface area contributed by atoms with E-state index in [2.05, 4.69) is 68.4 Å². The van der Waals surface area contributed by atoms with Gasteiger partial charge in [-0.3, -0.25) is 19.2 Å². The second-order valence-corrected chi connectivity index (χ2v) is 26.5. The molecular formula is C70H90O11. The Morgan fingerprint density at radius 3 is 1.54 bits per heavy atom. The number of hydrogen-bond donors (Lipinski definition) is 0. The molecule has 0 aromatic heterocycles. The minimum absolute atomic E-state index is 0.0345. The summed E-state index contributed by atoms with van der Waals surface area (Å²) < 4.78 is 46.0. The Morgan fingerprint density at radius 2 is 1.05 bits per heavy atom. The van der Waals surface area contributed by atoms with Crippen LogP contribution in [0.5, 0.6) is 0 Å². The van der Waals surface area contributed by atoms with Gasteiger partial charge in [-0.1, -0.05) is 180 Å². The van der Waals surface area contributed by atoms with E-state index in [1.54, 1.807) is 0 Å².